The molecule has 0 radical (unpaired) electrons. The predicted molar refractivity (Wildman–Crippen MR) is 71.9 cm³/mol. The van der Waals surface area contributed by atoms with E-state index in [4.69, 9.17) is 16.3 Å². The van der Waals surface area contributed by atoms with Gasteiger partial charge in [0, 0.05) is 24.7 Å². The Morgan fingerprint density at radius 3 is 2.89 bits per heavy atom. The van der Waals surface area contributed by atoms with Gasteiger partial charge in [-0.3, -0.25) is 0 Å². The number of methoxy groups -OCH3 is 1. The monoisotopic (exact) mass is 263 g/mol. The number of rotatable bonds is 5. The number of hydrogen-bond donors (Lipinski definition) is 1. The first-order valence-electron chi connectivity index (χ1n) is 5.56. The van der Waals surface area contributed by atoms with Crippen molar-refractivity contribution in [3.63, 3.8) is 0 Å². The average Bonchev–Trinajstić information content (AvgIpc) is 2.45. The lowest BCUT2D eigenvalue weighted by molar-refractivity contribution is 0.397. The molecule has 0 fully saturated rings. The van der Waals surface area contributed by atoms with Crippen molar-refractivity contribution in [1.29, 1.82) is 0 Å². The summed E-state index contributed by atoms with van der Waals surface area (Å²) in [6.07, 6.45) is 1.66. The summed E-state index contributed by atoms with van der Waals surface area (Å²) < 4.78 is 5.03. The van der Waals surface area contributed by atoms with Crippen LogP contribution in [0.3, 0.4) is 0 Å². The van der Waals surface area contributed by atoms with Crippen molar-refractivity contribution in [2.24, 2.45) is 0 Å². The minimum atomic E-state index is 0.517. The van der Waals surface area contributed by atoms with Crippen LogP contribution in [0.1, 0.15) is 11.1 Å². The van der Waals surface area contributed by atoms with E-state index in [0.29, 0.717) is 24.3 Å². The third-order valence-electron chi connectivity index (χ3n) is 2.44. The number of nitrogens with zero attached hydrogens (tertiary/aromatic N) is 2. The smallest absolute Gasteiger partial charge is 0.226 e. The highest BCUT2D eigenvalue weighted by molar-refractivity contribution is 6.17. The van der Waals surface area contributed by atoms with Crippen LogP contribution in [0.5, 0.6) is 5.88 Å². The summed E-state index contributed by atoms with van der Waals surface area (Å²) in [6, 6.07) is 9.78. The summed E-state index contributed by atoms with van der Waals surface area (Å²) in [6.45, 7) is 0.651. The Balaban J connectivity index is 2.01. The van der Waals surface area contributed by atoms with Crippen molar-refractivity contribution in [3.05, 3.63) is 47.7 Å². The number of aromatic nitrogens is 2. The van der Waals surface area contributed by atoms with Crippen molar-refractivity contribution in [2.75, 3.05) is 12.4 Å². The largest absolute Gasteiger partial charge is 0.481 e. The molecule has 0 saturated carbocycles. The first kappa shape index (κ1) is 12.6. The molecule has 0 spiro atoms. The number of anilines is 1. The lowest BCUT2D eigenvalue weighted by Crippen LogP contribution is -2.04. The molecule has 1 aromatic heterocycles. The first-order valence-corrected chi connectivity index (χ1v) is 6.10. The Kier molecular flexibility index (Phi) is 4.36. The predicted octanol–water partition coefficient (Wildman–Crippen LogP) is 2.84. The SMILES string of the molecule is COc1ccnc(NCc2cccc(CCl)c2)n1. The number of ether oxygens (including phenoxy) is 1. The first-order chi connectivity index (χ1) is 8.81. The second kappa shape index (κ2) is 6.21. The lowest BCUT2D eigenvalue weighted by atomic mass is 10.1. The molecule has 0 aliphatic carbocycles. The molecule has 0 aliphatic heterocycles. The van der Waals surface area contributed by atoms with Crippen LogP contribution in [-0.4, -0.2) is 17.1 Å². The maximum Gasteiger partial charge on any atom is 0.226 e. The van der Waals surface area contributed by atoms with Crippen molar-refractivity contribution >= 4 is 17.5 Å². The van der Waals surface area contributed by atoms with E-state index in [1.54, 1.807) is 19.4 Å². The summed E-state index contributed by atoms with van der Waals surface area (Å²) in [5, 5.41) is 3.14. The molecule has 0 atom stereocenters. The zero-order valence-corrected chi connectivity index (χ0v) is 10.8. The highest BCUT2D eigenvalue weighted by Crippen LogP contribution is 2.11. The van der Waals surface area contributed by atoms with E-state index in [2.05, 4.69) is 21.4 Å². The van der Waals surface area contributed by atoms with Gasteiger partial charge in [-0.15, -0.1) is 11.6 Å². The van der Waals surface area contributed by atoms with Crippen LogP contribution < -0.4 is 10.1 Å². The van der Waals surface area contributed by atoms with Crippen LogP contribution >= 0.6 is 11.6 Å². The van der Waals surface area contributed by atoms with Crippen LogP contribution in [0.15, 0.2) is 36.5 Å². The van der Waals surface area contributed by atoms with Crippen molar-refractivity contribution in [2.45, 2.75) is 12.4 Å². The van der Waals surface area contributed by atoms with Gasteiger partial charge in [-0.05, 0) is 11.1 Å². The minimum absolute atomic E-state index is 0.517. The summed E-state index contributed by atoms with van der Waals surface area (Å²) >= 11 is 5.79. The fourth-order valence-electron chi connectivity index (χ4n) is 1.54. The number of benzene rings is 1. The summed E-state index contributed by atoms with van der Waals surface area (Å²) in [7, 11) is 1.58. The highest BCUT2D eigenvalue weighted by atomic mass is 35.5. The standard InChI is InChI=1S/C13H14ClN3O/c1-18-12-5-6-15-13(17-12)16-9-11-4-2-3-10(7-11)8-14/h2-7H,8-9H2,1H3,(H,15,16,17). The average molecular weight is 264 g/mol. The number of alkyl halides is 1. The molecule has 94 valence electrons. The Hall–Kier alpha value is -1.81. The molecule has 2 rings (SSSR count). The van der Waals surface area contributed by atoms with Gasteiger partial charge in [-0.1, -0.05) is 24.3 Å². The van der Waals surface area contributed by atoms with Gasteiger partial charge >= 0.3 is 0 Å². The zero-order chi connectivity index (χ0) is 12.8. The van der Waals surface area contributed by atoms with Gasteiger partial charge in [0.1, 0.15) is 0 Å². The maximum absolute atomic E-state index is 5.79. The van der Waals surface area contributed by atoms with E-state index in [-0.39, 0.29) is 0 Å². The van der Waals surface area contributed by atoms with Crippen molar-refractivity contribution in [1.82, 2.24) is 9.97 Å². The Labute approximate surface area is 111 Å². The maximum atomic E-state index is 5.79. The third-order valence-corrected chi connectivity index (χ3v) is 2.74. The van der Waals surface area contributed by atoms with Crippen LogP contribution in [0, 0.1) is 0 Å². The normalized spacial score (nSPS) is 10.1. The third kappa shape index (κ3) is 3.34. The molecule has 5 heteroatoms. The van der Waals surface area contributed by atoms with E-state index < -0.39 is 0 Å². The van der Waals surface area contributed by atoms with E-state index in [1.807, 2.05) is 18.2 Å². The number of nitrogens with one attached hydrogen (secondary N) is 1. The molecule has 4 nitrogen and oxygen atoms in total. The van der Waals surface area contributed by atoms with Crippen molar-refractivity contribution < 1.29 is 4.74 Å². The molecular formula is C13H14ClN3O. The van der Waals surface area contributed by atoms with Crippen LogP contribution in [-0.2, 0) is 12.4 Å². The molecule has 0 bridgehead atoms. The van der Waals surface area contributed by atoms with E-state index in [9.17, 15) is 0 Å². The van der Waals surface area contributed by atoms with Gasteiger partial charge in [0.2, 0.25) is 11.8 Å². The van der Waals surface area contributed by atoms with Gasteiger partial charge in [0.05, 0.1) is 7.11 Å². The Morgan fingerprint density at radius 1 is 1.28 bits per heavy atom. The Morgan fingerprint density at radius 2 is 2.11 bits per heavy atom. The van der Waals surface area contributed by atoms with E-state index in [1.165, 1.54) is 0 Å². The molecule has 0 amide bonds. The quantitative estimate of drug-likeness (QED) is 0.843. The van der Waals surface area contributed by atoms with Gasteiger partial charge in [-0.2, -0.15) is 4.98 Å². The van der Waals surface area contributed by atoms with Gasteiger partial charge in [0.25, 0.3) is 0 Å². The van der Waals surface area contributed by atoms with Gasteiger partial charge in [-0.25, -0.2) is 4.98 Å². The van der Waals surface area contributed by atoms with E-state index >= 15 is 0 Å². The van der Waals surface area contributed by atoms with Gasteiger partial charge in [0.15, 0.2) is 0 Å². The van der Waals surface area contributed by atoms with Crippen molar-refractivity contribution in [3.8, 4) is 5.88 Å². The highest BCUT2D eigenvalue weighted by Gasteiger charge is 1.99. The fraction of sp³-hybridized carbons (Fsp3) is 0.231. The van der Waals surface area contributed by atoms with Crippen LogP contribution in [0.25, 0.3) is 0 Å². The lowest BCUT2D eigenvalue weighted by Gasteiger charge is -2.06. The molecule has 2 aromatic rings. The molecule has 1 aromatic carbocycles. The summed E-state index contributed by atoms with van der Waals surface area (Å²) in [5.41, 5.74) is 2.24. The summed E-state index contributed by atoms with van der Waals surface area (Å²) in [4.78, 5) is 8.30. The Bertz CT molecular complexity index is 472. The second-order valence-electron chi connectivity index (χ2n) is 3.73. The molecular weight excluding hydrogens is 250 g/mol. The number of halogens is 1. The second-order valence-corrected chi connectivity index (χ2v) is 4.00. The topological polar surface area (TPSA) is 47.0 Å². The van der Waals surface area contributed by atoms with Crippen LogP contribution in [0.4, 0.5) is 5.95 Å². The number of hydrogen-bond acceptors (Lipinski definition) is 4. The summed E-state index contributed by atoms with van der Waals surface area (Å²) in [5.74, 6) is 1.61. The molecule has 0 unspecified atom stereocenters. The molecule has 1 N–H and O–H groups in total. The van der Waals surface area contributed by atoms with Crippen LogP contribution in [0.2, 0.25) is 0 Å². The molecule has 1 heterocycles. The minimum Gasteiger partial charge on any atom is -0.481 e. The van der Waals surface area contributed by atoms with E-state index in [0.717, 1.165) is 11.1 Å². The molecule has 0 aliphatic rings. The van der Waals surface area contributed by atoms with Gasteiger partial charge < -0.3 is 10.1 Å². The fourth-order valence-corrected chi connectivity index (χ4v) is 1.71. The molecule has 0 saturated heterocycles. The zero-order valence-electron chi connectivity index (χ0n) is 10.1. The molecule has 18 heavy (non-hydrogen) atoms.